The molecular formula is C8H10O3. The molecule has 0 aromatic heterocycles. The number of hydrogen-bond donors (Lipinski definition) is 1. The monoisotopic (exact) mass is 154 g/mol. The standard InChI is InChI=1S/C8H10O3/c1-3-4-6-5-8(2,10)11-7(6)9/h3,5,10H,1,4H2,2H3. The molecule has 0 bridgehead atoms. The van der Waals surface area contributed by atoms with Gasteiger partial charge in [-0.15, -0.1) is 6.58 Å². The molecule has 60 valence electrons. The van der Waals surface area contributed by atoms with E-state index < -0.39 is 11.8 Å². The van der Waals surface area contributed by atoms with Crippen LogP contribution in [-0.4, -0.2) is 16.9 Å². The van der Waals surface area contributed by atoms with Crippen molar-refractivity contribution in [2.75, 3.05) is 0 Å². The van der Waals surface area contributed by atoms with Crippen LogP contribution in [0.3, 0.4) is 0 Å². The molecule has 3 heteroatoms. The molecule has 1 unspecified atom stereocenters. The number of allylic oxidation sites excluding steroid dienone is 1. The van der Waals surface area contributed by atoms with Crippen molar-refractivity contribution in [1.29, 1.82) is 0 Å². The van der Waals surface area contributed by atoms with Crippen LogP contribution in [0.4, 0.5) is 0 Å². The van der Waals surface area contributed by atoms with E-state index in [4.69, 9.17) is 0 Å². The normalized spacial score (nSPS) is 29.6. The Balaban J connectivity index is 2.79. The molecule has 3 nitrogen and oxygen atoms in total. The lowest BCUT2D eigenvalue weighted by Crippen LogP contribution is -2.22. The van der Waals surface area contributed by atoms with E-state index in [1.165, 1.54) is 13.0 Å². The summed E-state index contributed by atoms with van der Waals surface area (Å²) in [5.41, 5.74) is 0.463. The number of esters is 1. The first kappa shape index (κ1) is 8.01. The van der Waals surface area contributed by atoms with Crippen LogP contribution in [0.15, 0.2) is 24.3 Å². The number of aliphatic hydroxyl groups is 1. The van der Waals surface area contributed by atoms with Crippen LogP contribution >= 0.6 is 0 Å². The van der Waals surface area contributed by atoms with Gasteiger partial charge in [0.2, 0.25) is 5.79 Å². The van der Waals surface area contributed by atoms with Gasteiger partial charge in [-0.25, -0.2) is 4.79 Å². The SMILES string of the molecule is C=CCC1=CC(C)(O)OC1=O. The third-order valence-electron chi connectivity index (χ3n) is 1.37. The summed E-state index contributed by atoms with van der Waals surface area (Å²) in [5, 5.41) is 9.21. The molecule has 0 saturated carbocycles. The van der Waals surface area contributed by atoms with Crippen LogP contribution in [0.2, 0.25) is 0 Å². The van der Waals surface area contributed by atoms with Crippen molar-refractivity contribution >= 4 is 5.97 Å². The van der Waals surface area contributed by atoms with Gasteiger partial charge in [0.1, 0.15) is 0 Å². The Hall–Kier alpha value is -1.09. The van der Waals surface area contributed by atoms with Crippen molar-refractivity contribution in [2.24, 2.45) is 0 Å². The van der Waals surface area contributed by atoms with E-state index >= 15 is 0 Å². The molecule has 11 heavy (non-hydrogen) atoms. The van der Waals surface area contributed by atoms with E-state index in [1.54, 1.807) is 6.08 Å². The summed E-state index contributed by atoms with van der Waals surface area (Å²) >= 11 is 0. The molecular weight excluding hydrogens is 144 g/mol. The summed E-state index contributed by atoms with van der Waals surface area (Å²) in [6.45, 7) is 4.89. The number of carbonyl (C=O) groups is 1. The smallest absolute Gasteiger partial charge is 0.336 e. The molecule has 0 spiro atoms. The van der Waals surface area contributed by atoms with Gasteiger partial charge < -0.3 is 9.84 Å². The van der Waals surface area contributed by atoms with Gasteiger partial charge in [0.25, 0.3) is 0 Å². The van der Waals surface area contributed by atoms with Gasteiger partial charge in [-0.3, -0.25) is 0 Å². The van der Waals surface area contributed by atoms with Crippen molar-refractivity contribution < 1.29 is 14.6 Å². The molecule has 0 aromatic rings. The maximum absolute atomic E-state index is 10.9. The van der Waals surface area contributed by atoms with Crippen molar-refractivity contribution in [3.05, 3.63) is 24.3 Å². The van der Waals surface area contributed by atoms with Crippen LogP contribution < -0.4 is 0 Å². The number of rotatable bonds is 2. The Kier molecular flexibility index (Phi) is 1.83. The van der Waals surface area contributed by atoms with Crippen molar-refractivity contribution in [1.82, 2.24) is 0 Å². The molecule has 1 aliphatic rings. The Morgan fingerprint density at radius 3 is 2.91 bits per heavy atom. The first-order chi connectivity index (χ1) is 5.05. The predicted octanol–water partition coefficient (Wildman–Crippen LogP) is 0.754. The fourth-order valence-corrected chi connectivity index (χ4v) is 0.963. The van der Waals surface area contributed by atoms with Gasteiger partial charge in [0.05, 0.1) is 0 Å². The van der Waals surface area contributed by atoms with Gasteiger partial charge in [-0.05, 0) is 12.5 Å². The Bertz CT molecular complexity index is 225. The summed E-state index contributed by atoms with van der Waals surface area (Å²) in [7, 11) is 0. The summed E-state index contributed by atoms with van der Waals surface area (Å²) in [6.07, 6.45) is 3.43. The van der Waals surface area contributed by atoms with E-state index in [1.807, 2.05) is 0 Å². The van der Waals surface area contributed by atoms with Crippen molar-refractivity contribution in [2.45, 2.75) is 19.1 Å². The van der Waals surface area contributed by atoms with Crippen LogP contribution in [0.5, 0.6) is 0 Å². The average molecular weight is 154 g/mol. The van der Waals surface area contributed by atoms with E-state index in [-0.39, 0.29) is 0 Å². The Morgan fingerprint density at radius 2 is 2.55 bits per heavy atom. The number of hydrogen-bond acceptors (Lipinski definition) is 3. The largest absolute Gasteiger partial charge is 0.426 e. The third kappa shape index (κ3) is 1.68. The maximum Gasteiger partial charge on any atom is 0.336 e. The summed E-state index contributed by atoms with van der Waals surface area (Å²) < 4.78 is 4.59. The summed E-state index contributed by atoms with van der Waals surface area (Å²) in [6, 6.07) is 0. The van der Waals surface area contributed by atoms with Gasteiger partial charge in [-0.2, -0.15) is 0 Å². The molecule has 0 saturated heterocycles. The molecule has 0 aromatic carbocycles. The highest BCUT2D eigenvalue weighted by Crippen LogP contribution is 2.23. The van der Waals surface area contributed by atoms with Crippen LogP contribution in [0.25, 0.3) is 0 Å². The molecule has 1 N–H and O–H groups in total. The lowest BCUT2D eigenvalue weighted by molar-refractivity contribution is -0.172. The quantitative estimate of drug-likeness (QED) is 0.471. The zero-order chi connectivity index (χ0) is 8.48. The average Bonchev–Trinajstić information content (AvgIpc) is 2.07. The molecule has 0 aliphatic carbocycles. The number of carbonyl (C=O) groups excluding carboxylic acids is 1. The minimum absolute atomic E-state index is 0.439. The number of ether oxygens (including phenoxy) is 1. The van der Waals surface area contributed by atoms with Gasteiger partial charge in [0.15, 0.2) is 0 Å². The zero-order valence-electron chi connectivity index (χ0n) is 6.33. The second kappa shape index (κ2) is 2.51. The summed E-state index contributed by atoms with van der Waals surface area (Å²) in [5.74, 6) is -1.88. The highest BCUT2D eigenvalue weighted by Gasteiger charge is 2.32. The fourth-order valence-electron chi connectivity index (χ4n) is 0.963. The van der Waals surface area contributed by atoms with E-state index in [0.29, 0.717) is 12.0 Å². The van der Waals surface area contributed by atoms with Gasteiger partial charge >= 0.3 is 5.97 Å². The molecule has 1 rings (SSSR count). The van der Waals surface area contributed by atoms with E-state index in [2.05, 4.69) is 11.3 Å². The third-order valence-corrected chi connectivity index (χ3v) is 1.37. The van der Waals surface area contributed by atoms with Crippen molar-refractivity contribution in [3.8, 4) is 0 Å². The molecule has 1 aliphatic heterocycles. The second-order valence-corrected chi connectivity index (χ2v) is 2.61. The minimum atomic E-state index is -1.42. The van der Waals surface area contributed by atoms with Gasteiger partial charge in [-0.1, -0.05) is 6.08 Å². The van der Waals surface area contributed by atoms with Crippen LogP contribution in [0, 0.1) is 0 Å². The Labute approximate surface area is 65.0 Å². The highest BCUT2D eigenvalue weighted by atomic mass is 16.7. The maximum atomic E-state index is 10.9. The molecule has 0 amide bonds. The van der Waals surface area contributed by atoms with Crippen LogP contribution in [-0.2, 0) is 9.53 Å². The Morgan fingerprint density at radius 1 is 1.91 bits per heavy atom. The van der Waals surface area contributed by atoms with Gasteiger partial charge in [0, 0.05) is 12.5 Å². The molecule has 1 heterocycles. The lowest BCUT2D eigenvalue weighted by atomic mass is 10.1. The first-order valence-corrected chi connectivity index (χ1v) is 3.33. The van der Waals surface area contributed by atoms with Crippen molar-refractivity contribution in [3.63, 3.8) is 0 Å². The van der Waals surface area contributed by atoms with Crippen LogP contribution in [0.1, 0.15) is 13.3 Å². The first-order valence-electron chi connectivity index (χ1n) is 3.33. The number of cyclic esters (lactones) is 1. The fraction of sp³-hybridized carbons (Fsp3) is 0.375. The summed E-state index contributed by atoms with van der Waals surface area (Å²) in [4.78, 5) is 10.9. The molecule has 1 atom stereocenters. The predicted molar refractivity (Wildman–Crippen MR) is 39.6 cm³/mol. The van der Waals surface area contributed by atoms with E-state index in [0.717, 1.165) is 0 Å². The topological polar surface area (TPSA) is 46.5 Å². The molecule has 0 radical (unpaired) electrons. The minimum Gasteiger partial charge on any atom is -0.426 e. The van der Waals surface area contributed by atoms with E-state index in [9.17, 15) is 9.90 Å². The second-order valence-electron chi connectivity index (χ2n) is 2.61. The molecule has 0 fully saturated rings. The highest BCUT2D eigenvalue weighted by molar-refractivity contribution is 5.91. The lowest BCUT2D eigenvalue weighted by Gasteiger charge is -2.11. The zero-order valence-corrected chi connectivity index (χ0v) is 6.33.